The summed E-state index contributed by atoms with van der Waals surface area (Å²) in [6.07, 6.45) is 0. The van der Waals surface area contributed by atoms with Gasteiger partial charge in [0.2, 0.25) is 0 Å². The summed E-state index contributed by atoms with van der Waals surface area (Å²) in [5, 5.41) is 2.65. The first-order chi connectivity index (χ1) is 6.61. The van der Waals surface area contributed by atoms with Crippen molar-refractivity contribution in [3.8, 4) is 0 Å². The minimum atomic E-state index is -0.399. The Labute approximate surface area is 85.7 Å². The SMILES string of the molecule is NC(N)=[NH+]NC(=O)c1ccccc1Cl. The summed E-state index contributed by atoms with van der Waals surface area (Å²) in [7, 11) is 0. The second-order valence-electron chi connectivity index (χ2n) is 2.51. The predicted octanol–water partition coefficient (Wildman–Crippen LogP) is -1.66. The molecule has 0 aliphatic rings. The van der Waals surface area contributed by atoms with Gasteiger partial charge in [0.1, 0.15) is 0 Å². The number of guanidine groups is 1. The van der Waals surface area contributed by atoms with Crippen LogP contribution in [0.2, 0.25) is 5.02 Å². The lowest BCUT2D eigenvalue weighted by Crippen LogP contribution is -2.88. The molecule has 0 saturated carbocycles. The van der Waals surface area contributed by atoms with Crippen LogP contribution in [0, 0.1) is 0 Å². The molecule has 0 unspecified atom stereocenters. The summed E-state index contributed by atoms with van der Waals surface area (Å²) in [6.45, 7) is 0. The van der Waals surface area contributed by atoms with Crippen molar-refractivity contribution in [2.45, 2.75) is 0 Å². The summed E-state index contributed by atoms with van der Waals surface area (Å²) in [5.74, 6) is -0.491. The molecule has 1 rings (SSSR count). The zero-order valence-corrected chi connectivity index (χ0v) is 8.01. The second kappa shape index (κ2) is 4.48. The van der Waals surface area contributed by atoms with Gasteiger partial charge in [-0.1, -0.05) is 23.7 Å². The lowest BCUT2D eigenvalue weighted by atomic mass is 10.2. The topological polar surface area (TPSA) is 95.1 Å². The number of carbonyl (C=O) groups is 1. The highest BCUT2D eigenvalue weighted by molar-refractivity contribution is 6.33. The maximum atomic E-state index is 11.4. The third-order valence-corrected chi connectivity index (χ3v) is 1.77. The van der Waals surface area contributed by atoms with Crippen molar-refractivity contribution >= 4 is 23.5 Å². The van der Waals surface area contributed by atoms with Gasteiger partial charge >= 0.3 is 5.96 Å². The van der Waals surface area contributed by atoms with E-state index in [1.54, 1.807) is 24.3 Å². The quantitative estimate of drug-likeness (QED) is 0.269. The Balaban J connectivity index is 2.80. The first-order valence-corrected chi connectivity index (χ1v) is 4.18. The van der Waals surface area contributed by atoms with E-state index < -0.39 is 5.91 Å². The van der Waals surface area contributed by atoms with Crippen molar-refractivity contribution in [2.24, 2.45) is 11.5 Å². The highest BCUT2D eigenvalue weighted by Crippen LogP contribution is 2.13. The average molecular weight is 214 g/mol. The van der Waals surface area contributed by atoms with Crippen LogP contribution in [0.5, 0.6) is 0 Å². The predicted molar refractivity (Wildman–Crippen MR) is 53.3 cm³/mol. The molecule has 6 heteroatoms. The number of hydrazine groups is 1. The number of nitrogens with two attached hydrogens (primary N) is 2. The molecule has 0 aliphatic carbocycles. The van der Waals surface area contributed by atoms with E-state index in [9.17, 15) is 4.79 Å². The Kier molecular flexibility index (Phi) is 3.30. The van der Waals surface area contributed by atoms with E-state index in [1.165, 1.54) is 0 Å². The maximum Gasteiger partial charge on any atom is 0.360 e. The van der Waals surface area contributed by atoms with Crippen LogP contribution in [-0.2, 0) is 0 Å². The van der Waals surface area contributed by atoms with E-state index in [-0.39, 0.29) is 5.96 Å². The molecule has 0 saturated heterocycles. The van der Waals surface area contributed by atoms with Crippen LogP contribution in [0.4, 0.5) is 0 Å². The standard InChI is InChI=1S/C8H9ClN4O/c9-6-4-2-1-3-5(6)7(14)12-13-8(10)11/h1-4H,(H,12,14)(H4,10,11,13)/p+1. The number of nitrogens with one attached hydrogen (secondary N) is 2. The zero-order chi connectivity index (χ0) is 10.6. The molecule has 0 fully saturated rings. The smallest absolute Gasteiger partial charge is 0.289 e. The van der Waals surface area contributed by atoms with E-state index in [0.717, 1.165) is 0 Å². The van der Waals surface area contributed by atoms with Gasteiger partial charge < -0.3 is 0 Å². The van der Waals surface area contributed by atoms with Gasteiger partial charge in [-0.2, -0.15) is 5.10 Å². The number of hydrogen-bond acceptors (Lipinski definition) is 1. The number of hydrogen-bond donors (Lipinski definition) is 4. The summed E-state index contributed by atoms with van der Waals surface area (Å²) in [5.41, 5.74) is 12.8. The fourth-order valence-electron chi connectivity index (χ4n) is 0.842. The number of amides is 1. The third kappa shape index (κ3) is 2.63. The summed E-state index contributed by atoms with van der Waals surface area (Å²) >= 11 is 5.78. The molecule has 0 radical (unpaired) electrons. The summed E-state index contributed by atoms with van der Waals surface area (Å²) in [4.78, 5) is 11.4. The molecule has 0 bridgehead atoms. The molecule has 0 heterocycles. The van der Waals surface area contributed by atoms with Crippen LogP contribution in [-0.4, -0.2) is 11.9 Å². The Morgan fingerprint density at radius 2 is 2.00 bits per heavy atom. The van der Waals surface area contributed by atoms with Gasteiger partial charge in [0.05, 0.1) is 10.6 Å². The Bertz CT molecular complexity index is 373. The molecular weight excluding hydrogens is 204 g/mol. The Morgan fingerprint density at radius 1 is 1.36 bits per heavy atom. The van der Waals surface area contributed by atoms with Crippen LogP contribution >= 0.6 is 11.6 Å². The molecule has 1 amide bonds. The highest BCUT2D eigenvalue weighted by Gasteiger charge is 2.08. The van der Waals surface area contributed by atoms with Gasteiger partial charge in [-0.25, -0.2) is 5.43 Å². The van der Waals surface area contributed by atoms with Crippen LogP contribution in [0.3, 0.4) is 0 Å². The third-order valence-electron chi connectivity index (χ3n) is 1.44. The maximum absolute atomic E-state index is 11.4. The molecule has 6 N–H and O–H groups in total. The fraction of sp³-hybridized carbons (Fsp3) is 0. The van der Waals surface area contributed by atoms with Crippen molar-refractivity contribution in [2.75, 3.05) is 0 Å². The van der Waals surface area contributed by atoms with E-state index in [0.29, 0.717) is 10.6 Å². The molecule has 1 aromatic carbocycles. The van der Waals surface area contributed by atoms with Crippen LogP contribution < -0.4 is 22.0 Å². The number of halogens is 1. The molecule has 1 aromatic rings. The number of carbonyl (C=O) groups excluding carboxylic acids is 1. The van der Waals surface area contributed by atoms with Gasteiger partial charge in [0, 0.05) is 0 Å². The van der Waals surface area contributed by atoms with Crippen molar-refractivity contribution in [3.63, 3.8) is 0 Å². The monoisotopic (exact) mass is 213 g/mol. The second-order valence-corrected chi connectivity index (χ2v) is 2.92. The average Bonchev–Trinajstić information content (AvgIpc) is 2.15. The summed E-state index contributed by atoms with van der Waals surface area (Å²) in [6, 6.07) is 6.64. The van der Waals surface area contributed by atoms with Crippen molar-refractivity contribution in [3.05, 3.63) is 34.9 Å². The number of hydrazone groups is 1. The van der Waals surface area contributed by atoms with Crippen LogP contribution in [0.25, 0.3) is 0 Å². The van der Waals surface area contributed by atoms with Gasteiger partial charge in [0.15, 0.2) is 0 Å². The largest absolute Gasteiger partial charge is 0.360 e. The van der Waals surface area contributed by atoms with Gasteiger partial charge in [-0.15, -0.1) is 0 Å². The molecule has 0 aromatic heterocycles. The van der Waals surface area contributed by atoms with Crippen LogP contribution in [0.15, 0.2) is 24.3 Å². The molecular formula is C8H10ClN4O+. The number of benzene rings is 1. The minimum absolute atomic E-state index is 0.0922. The van der Waals surface area contributed by atoms with Crippen molar-refractivity contribution < 1.29 is 9.90 Å². The first kappa shape index (κ1) is 10.3. The molecule has 0 aliphatic heterocycles. The zero-order valence-electron chi connectivity index (χ0n) is 7.25. The van der Waals surface area contributed by atoms with E-state index in [1.807, 2.05) is 0 Å². The normalized spacial score (nSPS) is 9.21. The van der Waals surface area contributed by atoms with E-state index in [4.69, 9.17) is 23.1 Å². The lowest BCUT2D eigenvalue weighted by Gasteiger charge is -2.00. The molecule has 0 spiro atoms. The van der Waals surface area contributed by atoms with Gasteiger partial charge in [0.25, 0.3) is 5.91 Å². The van der Waals surface area contributed by atoms with E-state index in [2.05, 4.69) is 10.5 Å². The fourth-order valence-corrected chi connectivity index (χ4v) is 1.06. The van der Waals surface area contributed by atoms with Gasteiger partial charge in [-0.3, -0.25) is 16.3 Å². The van der Waals surface area contributed by atoms with E-state index >= 15 is 0 Å². The lowest BCUT2D eigenvalue weighted by molar-refractivity contribution is -0.510. The Morgan fingerprint density at radius 3 is 2.57 bits per heavy atom. The number of rotatable bonds is 2. The highest BCUT2D eigenvalue weighted by atomic mass is 35.5. The molecule has 14 heavy (non-hydrogen) atoms. The molecule has 5 nitrogen and oxygen atoms in total. The molecule has 0 atom stereocenters. The summed E-state index contributed by atoms with van der Waals surface area (Å²) < 4.78 is 0. The molecule has 74 valence electrons. The van der Waals surface area contributed by atoms with Crippen LogP contribution in [0.1, 0.15) is 10.4 Å². The minimum Gasteiger partial charge on any atom is -0.289 e. The van der Waals surface area contributed by atoms with Crippen molar-refractivity contribution in [1.82, 2.24) is 5.43 Å². The first-order valence-electron chi connectivity index (χ1n) is 3.80. The Hall–Kier alpha value is -1.75. The van der Waals surface area contributed by atoms with Gasteiger partial charge in [-0.05, 0) is 12.1 Å². The van der Waals surface area contributed by atoms with Crippen molar-refractivity contribution in [1.29, 1.82) is 0 Å².